The molecule has 4 heteroatoms. The fourth-order valence-electron chi connectivity index (χ4n) is 8.08. The molecule has 2 aliphatic rings. The second-order valence-corrected chi connectivity index (χ2v) is 14.0. The van der Waals surface area contributed by atoms with E-state index in [9.17, 15) is 0 Å². The van der Waals surface area contributed by atoms with Crippen molar-refractivity contribution in [3.8, 4) is 0 Å². The Hall–Kier alpha value is -4.18. The molecule has 0 radical (unpaired) electrons. The molecule has 5 aromatic carbocycles. The summed E-state index contributed by atoms with van der Waals surface area (Å²) in [6.45, 7) is 13.7. The number of benzene rings is 5. The Kier molecular flexibility index (Phi) is 5.76. The highest BCUT2D eigenvalue weighted by Gasteiger charge is 2.23. The van der Waals surface area contributed by atoms with E-state index in [1.54, 1.807) is 0 Å². The maximum atomic E-state index is 6.72. The first kappa shape index (κ1) is 26.2. The lowest BCUT2D eigenvalue weighted by atomic mass is 9.96. The van der Waals surface area contributed by atoms with Crippen LogP contribution < -0.4 is 9.80 Å². The van der Waals surface area contributed by atoms with Crippen molar-refractivity contribution in [2.24, 2.45) is 11.8 Å². The SMILES string of the molecule is Cc1c2oc3cc4cc(N5CCC(C)CC5)ccc4cc3c2c(C)c2oc3cc4cc(N5CCC(C)CC5)ccc4cc3c12. The molecular weight excluding hydrogens is 540 g/mol. The van der Waals surface area contributed by atoms with Gasteiger partial charge in [-0.15, -0.1) is 0 Å². The van der Waals surface area contributed by atoms with Crippen LogP contribution in [0.4, 0.5) is 11.4 Å². The van der Waals surface area contributed by atoms with Gasteiger partial charge in [-0.1, -0.05) is 26.0 Å². The molecule has 0 bridgehead atoms. The lowest BCUT2D eigenvalue weighted by molar-refractivity contribution is 0.438. The number of hydrogen-bond acceptors (Lipinski definition) is 4. The van der Waals surface area contributed by atoms with Crippen LogP contribution in [0.3, 0.4) is 0 Å². The summed E-state index contributed by atoms with van der Waals surface area (Å²) in [5.41, 5.74) is 8.80. The van der Waals surface area contributed by atoms with E-state index in [0.29, 0.717) is 0 Å². The van der Waals surface area contributed by atoms with Crippen molar-refractivity contribution >= 4 is 76.8 Å². The molecule has 0 N–H and O–H groups in total. The van der Waals surface area contributed by atoms with E-state index in [1.807, 2.05) is 0 Å². The largest absolute Gasteiger partial charge is 0.456 e. The summed E-state index contributed by atoms with van der Waals surface area (Å²) in [5, 5.41) is 9.66. The minimum atomic E-state index is 0.825. The normalized spacial score (nSPS) is 17.5. The van der Waals surface area contributed by atoms with Gasteiger partial charge in [-0.05, 0) is 121 Å². The minimum Gasteiger partial charge on any atom is -0.456 e. The zero-order valence-corrected chi connectivity index (χ0v) is 26.3. The molecule has 0 saturated carbocycles. The van der Waals surface area contributed by atoms with Gasteiger partial charge in [-0.2, -0.15) is 0 Å². The molecule has 4 heterocycles. The number of anilines is 2. The first-order valence-electron chi connectivity index (χ1n) is 16.6. The molecule has 2 saturated heterocycles. The van der Waals surface area contributed by atoms with Crippen LogP contribution >= 0.6 is 0 Å². The average Bonchev–Trinajstić information content (AvgIpc) is 3.60. The Balaban J connectivity index is 1.18. The molecule has 0 amide bonds. The van der Waals surface area contributed by atoms with E-state index in [2.05, 4.69) is 98.2 Å². The Morgan fingerprint density at radius 3 is 1.34 bits per heavy atom. The van der Waals surface area contributed by atoms with Gasteiger partial charge in [0.2, 0.25) is 0 Å². The van der Waals surface area contributed by atoms with Gasteiger partial charge in [0.15, 0.2) is 0 Å². The van der Waals surface area contributed by atoms with Gasteiger partial charge < -0.3 is 18.6 Å². The number of aryl methyl sites for hydroxylation is 2. The quantitative estimate of drug-likeness (QED) is 0.204. The zero-order chi connectivity index (χ0) is 29.7. The van der Waals surface area contributed by atoms with Crippen LogP contribution in [0, 0.1) is 25.7 Å². The summed E-state index contributed by atoms with van der Waals surface area (Å²) in [5.74, 6) is 1.65. The Bertz CT molecular complexity index is 2090. The smallest absolute Gasteiger partial charge is 0.139 e. The van der Waals surface area contributed by atoms with Gasteiger partial charge in [-0.25, -0.2) is 0 Å². The van der Waals surface area contributed by atoms with E-state index >= 15 is 0 Å². The van der Waals surface area contributed by atoms with Gasteiger partial charge in [-0.3, -0.25) is 0 Å². The minimum absolute atomic E-state index is 0.825. The second-order valence-electron chi connectivity index (χ2n) is 14.0. The maximum Gasteiger partial charge on any atom is 0.139 e. The molecular formula is C40H40N2O2. The van der Waals surface area contributed by atoms with E-state index in [-0.39, 0.29) is 0 Å². The summed E-state index contributed by atoms with van der Waals surface area (Å²) in [6, 6.07) is 23.0. The molecule has 222 valence electrons. The third-order valence-electron chi connectivity index (χ3n) is 11.0. The second kappa shape index (κ2) is 9.66. The van der Waals surface area contributed by atoms with Gasteiger partial charge in [0, 0.05) is 70.2 Å². The summed E-state index contributed by atoms with van der Waals surface area (Å²) in [6.07, 6.45) is 5.07. The van der Waals surface area contributed by atoms with Crippen molar-refractivity contribution in [2.75, 3.05) is 36.0 Å². The zero-order valence-electron chi connectivity index (χ0n) is 26.3. The third kappa shape index (κ3) is 3.96. The first-order valence-corrected chi connectivity index (χ1v) is 16.6. The molecule has 0 aliphatic carbocycles. The highest BCUT2D eigenvalue weighted by atomic mass is 16.3. The monoisotopic (exact) mass is 580 g/mol. The number of furan rings is 2. The van der Waals surface area contributed by atoms with Crippen molar-refractivity contribution in [3.63, 3.8) is 0 Å². The molecule has 44 heavy (non-hydrogen) atoms. The Morgan fingerprint density at radius 1 is 0.523 bits per heavy atom. The van der Waals surface area contributed by atoms with Crippen molar-refractivity contribution in [1.29, 1.82) is 0 Å². The number of nitrogens with zero attached hydrogens (tertiary/aromatic N) is 2. The van der Waals surface area contributed by atoms with Crippen LogP contribution in [0.1, 0.15) is 50.7 Å². The molecule has 0 atom stereocenters. The van der Waals surface area contributed by atoms with Crippen molar-refractivity contribution in [3.05, 3.63) is 71.8 Å². The standard InChI is InChI=1S/C40H40N2O2/c1-23-9-13-41(14-10-23)31-7-5-27-19-33-35(21-29(27)17-31)43-39-26(4)38-34-20-28-6-8-32(42-15-11-24(2)12-16-42)18-30(28)22-36(34)44-40(38)25(3)37(33)39/h5-8,17-24H,9-16H2,1-4H3. The molecule has 2 fully saturated rings. The van der Waals surface area contributed by atoms with E-state index < -0.39 is 0 Å². The molecule has 2 aromatic heterocycles. The van der Waals surface area contributed by atoms with E-state index in [4.69, 9.17) is 8.83 Å². The highest BCUT2D eigenvalue weighted by Crippen LogP contribution is 2.44. The Morgan fingerprint density at radius 2 is 0.932 bits per heavy atom. The molecule has 4 nitrogen and oxygen atoms in total. The maximum absolute atomic E-state index is 6.72. The Labute approximate surface area is 258 Å². The molecule has 0 unspecified atom stereocenters. The number of rotatable bonds is 2. The summed E-state index contributed by atoms with van der Waals surface area (Å²) < 4.78 is 13.4. The van der Waals surface area contributed by atoms with Crippen molar-refractivity contribution < 1.29 is 8.83 Å². The lowest BCUT2D eigenvalue weighted by Gasteiger charge is -2.32. The van der Waals surface area contributed by atoms with E-state index in [0.717, 1.165) is 71.5 Å². The van der Waals surface area contributed by atoms with Crippen LogP contribution in [-0.2, 0) is 0 Å². The number of piperidine rings is 2. The van der Waals surface area contributed by atoms with Crippen LogP contribution in [0.15, 0.2) is 69.5 Å². The van der Waals surface area contributed by atoms with Crippen molar-refractivity contribution in [2.45, 2.75) is 53.4 Å². The van der Waals surface area contributed by atoms with Crippen molar-refractivity contribution in [1.82, 2.24) is 0 Å². The topological polar surface area (TPSA) is 32.8 Å². The van der Waals surface area contributed by atoms with Crippen LogP contribution in [0.5, 0.6) is 0 Å². The summed E-state index contributed by atoms with van der Waals surface area (Å²) >= 11 is 0. The third-order valence-corrected chi connectivity index (χ3v) is 11.0. The van der Waals surface area contributed by atoms with Gasteiger partial charge in [0.25, 0.3) is 0 Å². The molecule has 7 aromatic rings. The van der Waals surface area contributed by atoms with Gasteiger partial charge in [0.1, 0.15) is 22.3 Å². The fourth-order valence-corrected chi connectivity index (χ4v) is 8.08. The number of hydrogen-bond donors (Lipinski definition) is 0. The van der Waals surface area contributed by atoms with Crippen LogP contribution in [-0.4, -0.2) is 26.2 Å². The predicted octanol–water partition coefficient (Wildman–Crippen LogP) is 10.9. The summed E-state index contributed by atoms with van der Waals surface area (Å²) in [4.78, 5) is 5.07. The number of fused-ring (bicyclic) bond motifs is 8. The van der Waals surface area contributed by atoms with Gasteiger partial charge >= 0.3 is 0 Å². The van der Waals surface area contributed by atoms with E-state index in [1.165, 1.54) is 80.1 Å². The van der Waals surface area contributed by atoms with Crippen LogP contribution in [0.25, 0.3) is 65.4 Å². The van der Waals surface area contributed by atoms with Gasteiger partial charge in [0.05, 0.1) is 0 Å². The molecule has 9 rings (SSSR count). The lowest BCUT2D eigenvalue weighted by Crippen LogP contribution is -2.32. The molecule has 2 aliphatic heterocycles. The van der Waals surface area contributed by atoms with Crippen LogP contribution in [0.2, 0.25) is 0 Å². The summed E-state index contributed by atoms with van der Waals surface area (Å²) in [7, 11) is 0. The highest BCUT2D eigenvalue weighted by molar-refractivity contribution is 6.21. The first-order chi connectivity index (χ1) is 21.4. The fraction of sp³-hybridized carbons (Fsp3) is 0.350. The predicted molar refractivity (Wildman–Crippen MR) is 187 cm³/mol. The molecule has 0 spiro atoms. The average molecular weight is 581 g/mol.